The number of fused-ring (bicyclic) bond motifs is 1. The van der Waals surface area contributed by atoms with Crippen LogP contribution >= 0.6 is 0 Å². The number of carboxylic acids is 1. The van der Waals surface area contributed by atoms with Crippen molar-refractivity contribution in [1.29, 1.82) is 0 Å². The second-order valence-corrected chi connectivity index (χ2v) is 6.87. The number of nitrogens with one attached hydrogen (secondary N) is 1. The Kier molecular flexibility index (Phi) is 5.16. The third-order valence-corrected chi connectivity index (χ3v) is 5.23. The SMILES string of the molecule is O=C(NCCOc1cccc(C(F)(F)F)n1)N1C[C@@H]2CCC[C@@]2(C(=O)O)C1. The Morgan fingerprint density at radius 1 is 1.41 bits per heavy atom. The molecule has 148 valence electrons. The van der Waals surface area contributed by atoms with Gasteiger partial charge in [0.25, 0.3) is 0 Å². The van der Waals surface area contributed by atoms with Gasteiger partial charge in [0.05, 0.1) is 12.0 Å². The molecule has 0 radical (unpaired) electrons. The fraction of sp³-hybridized carbons (Fsp3) is 0.588. The normalized spacial score (nSPS) is 24.6. The number of hydrogen-bond acceptors (Lipinski definition) is 4. The van der Waals surface area contributed by atoms with Crippen LogP contribution in [0.2, 0.25) is 0 Å². The molecule has 1 aromatic heterocycles. The highest BCUT2D eigenvalue weighted by Crippen LogP contribution is 2.48. The Hall–Kier alpha value is -2.52. The molecule has 3 rings (SSSR count). The van der Waals surface area contributed by atoms with Crippen LogP contribution in [0, 0.1) is 11.3 Å². The number of nitrogens with zero attached hydrogens (tertiary/aromatic N) is 2. The molecule has 1 aromatic rings. The quantitative estimate of drug-likeness (QED) is 0.757. The second kappa shape index (κ2) is 7.24. The van der Waals surface area contributed by atoms with Gasteiger partial charge in [-0.15, -0.1) is 0 Å². The molecule has 2 aliphatic rings. The summed E-state index contributed by atoms with van der Waals surface area (Å²) in [4.78, 5) is 28.7. The molecule has 0 unspecified atom stereocenters. The number of halogens is 3. The molecule has 1 saturated carbocycles. The zero-order chi connectivity index (χ0) is 19.7. The molecule has 7 nitrogen and oxygen atoms in total. The molecule has 10 heteroatoms. The van der Waals surface area contributed by atoms with Crippen molar-refractivity contribution in [3.05, 3.63) is 23.9 Å². The Labute approximate surface area is 153 Å². The first kappa shape index (κ1) is 19.2. The molecular formula is C17H20F3N3O4. The number of carboxylic acid groups (broad SMARTS) is 1. The Morgan fingerprint density at radius 3 is 2.85 bits per heavy atom. The number of carbonyl (C=O) groups is 2. The van der Waals surface area contributed by atoms with Crippen LogP contribution in [-0.2, 0) is 11.0 Å². The lowest BCUT2D eigenvalue weighted by Crippen LogP contribution is -2.42. The van der Waals surface area contributed by atoms with Crippen molar-refractivity contribution >= 4 is 12.0 Å². The van der Waals surface area contributed by atoms with E-state index in [2.05, 4.69) is 10.3 Å². The molecule has 1 aliphatic heterocycles. The van der Waals surface area contributed by atoms with E-state index in [0.29, 0.717) is 13.0 Å². The lowest BCUT2D eigenvalue weighted by molar-refractivity contribution is -0.149. The summed E-state index contributed by atoms with van der Waals surface area (Å²) in [7, 11) is 0. The Balaban J connectivity index is 1.46. The van der Waals surface area contributed by atoms with Crippen molar-refractivity contribution in [3.8, 4) is 5.88 Å². The molecule has 2 N–H and O–H groups in total. The first-order chi connectivity index (χ1) is 12.7. The van der Waals surface area contributed by atoms with E-state index >= 15 is 0 Å². The van der Waals surface area contributed by atoms with E-state index in [9.17, 15) is 27.9 Å². The number of aliphatic carboxylic acids is 1. The van der Waals surface area contributed by atoms with Crippen molar-refractivity contribution in [2.24, 2.45) is 11.3 Å². The number of urea groups is 1. The first-order valence-electron chi connectivity index (χ1n) is 8.65. The third-order valence-electron chi connectivity index (χ3n) is 5.23. The third kappa shape index (κ3) is 3.93. The van der Waals surface area contributed by atoms with Crippen molar-refractivity contribution in [2.75, 3.05) is 26.2 Å². The maximum absolute atomic E-state index is 12.6. The van der Waals surface area contributed by atoms with Crippen LogP contribution in [0.5, 0.6) is 5.88 Å². The molecule has 0 spiro atoms. The number of pyridine rings is 1. The summed E-state index contributed by atoms with van der Waals surface area (Å²) in [5.74, 6) is -1.08. The van der Waals surface area contributed by atoms with E-state index in [1.54, 1.807) is 0 Å². The Bertz CT molecular complexity index is 728. The van der Waals surface area contributed by atoms with Crippen LogP contribution < -0.4 is 10.1 Å². The summed E-state index contributed by atoms with van der Waals surface area (Å²) in [6, 6.07) is 2.94. The van der Waals surface area contributed by atoms with E-state index in [1.807, 2.05) is 0 Å². The van der Waals surface area contributed by atoms with Crippen LogP contribution in [0.15, 0.2) is 18.2 Å². The van der Waals surface area contributed by atoms with Gasteiger partial charge in [-0.05, 0) is 24.8 Å². The highest BCUT2D eigenvalue weighted by Gasteiger charge is 2.55. The van der Waals surface area contributed by atoms with Gasteiger partial charge in [0, 0.05) is 19.2 Å². The molecule has 2 heterocycles. The number of amides is 2. The lowest BCUT2D eigenvalue weighted by atomic mass is 9.81. The Morgan fingerprint density at radius 2 is 2.19 bits per heavy atom. The minimum Gasteiger partial charge on any atom is -0.481 e. The average molecular weight is 387 g/mol. The predicted molar refractivity (Wildman–Crippen MR) is 87.1 cm³/mol. The number of rotatable bonds is 5. The lowest BCUT2D eigenvalue weighted by Gasteiger charge is -2.23. The van der Waals surface area contributed by atoms with Gasteiger partial charge in [0.1, 0.15) is 12.3 Å². The van der Waals surface area contributed by atoms with Crippen molar-refractivity contribution < 1.29 is 32.6 Å². The largest absolute Gasteiger partial charge is 0.481 e. The van der Waals surface area contributed by atoms with Gasteiger partial charge < -0.3 is 20.1 Å². The van der Waals surface area contributed by atoms with Crippen molar-refractivity contribution in [2.45, 2.75) is 25.4 Å². The zero-order valence-corrected chi connectivity index (χ0v) is 14.5. The molecule has 2 amide bonds. The van der Waals surface area contributed by atoms with Crippen LogP contribution in [-0.4, -0.2) is 53.2 Å². The maximum Gasteiger partial charge on any atom is 0.433 e. The first-order valence-corrected chi connectivity index (χ1v) is 8.65. The van der Waals surface area contributed by atoms with Gasteiger partial charge in [-0.1, -0.05) is 12.5 Å². The number of hydrogen-bond donors (Lipinski definition) is 2. The molecule has 2 atom stereocenters. The van der Waals surface area contributed by atoms with Crippen molar-refractivity contribution in [1.82, 2.24) is 15.2 Å². The number of aromatic nitrogens is 1. The van der Waals surface area contributed by atoms with E-state index < -0.39 is 29.3 Å². The fourth-order valence-corrected chi connectivity index (χ4v) is 3.87. The molecule has 1 saturated heterocycles. The summed E-state index contributed by atoms with van der Waals surface area (Å²) in [6.07, 6.45) is -2.34. The van der Waals surface area contributed by atoms with Crippen LogP contribution in [0.1, 0.15) is 25.0 Å². The van der Waals surface area contributed by atoms with E-state index in [0.717, 1.165) is 18.9 Å². The van der Waals surface area contributed by atoms with E-state index in [4.69, 9.17) is 4.74 Å². The van der Waals surface area contributed by atoms with Gasteiger partial charge in [0.2, 0.25) is 5.88 Å². The standard InChI is InChI=1S/C17H20F3N3O4/c18-17(19,20)12-4-1-5-13(22-12)27-8-7-21-15(26)23-9-11-3-2-6-16(11,10-23)14(24)25/h1,4-5,11H,2-3,6-10H2,(H,21,26)(H,24,25)/t11-,16+/m0/s1. The number of carbonyl (C=O) groups excluding carboxylic acids is 1. The highest BCUT2D eigenvalue weighted by molar-refractivity contribution is 5.80. The maximum atomic E-state index is 12.6. The monoisotopic (exact) mass is 387 g/mol. The summed E-state index contributed by atoms with van der Waals surface area (Å²) < 4.78 is 42.9. The smallest absolute Gasteiger partial charge is 0.433 e. The summed E-state index contributed by atoms with van der Waals surface area (Å²) in [5.41, 5.74) is -1.90. The molecule has 1 aliphatic carbocycles. The van der Waals surface area contributed by atoms with Gasteiger partial charge in [-0.2, -0.15) is 13.2 Å². The summed E-state index contributed by atoms with van der Waals surface area (Å²) in [6.45, 7) is 0.586. The summed E-state index contributed by atoms with van der Waals surface area (Å²) >= 11 is 0. The van der Waals surface area contributed by atoms with Crippen molar-refractivity contribution in [3.63, 3.8) is 0 Å². The highest BCUT2D eigenvalue weighted by atomic mass is 19.4. The predicted octanol–water partition coefficient (Wildman–Crippen LogP) is 2.38. The van der Waals surface area contributed by atoms with Gasteiger partial charge in [-0.25, -0.2) is 9.78 Å². The van der Waals surface area contributed by atoms with Crippen LogP contribution in [0.4, 0.5) is 18.0 Å². The molecule has 27 heavy (non-hydrogen) atoms. The van der Waals surface area contributed by atoms with Crippen LogP contribution in [0.25, 0.3) is 0 Å². The van der Waals surface area contributed by atoms with E-state index in [1.165, 1.54) is 17.0 Å². The molecule has 2 fully saturated rings. The molecule has 0 aromatic carbocycles. The van der Waals surface area contributed by atoms with Crippen LogP contribution in [0.3, 0.4) is 0 Å². The average Bonchev–Trinajstić information content (AvgIpc) is 3.16. The number of likely N-dealkylation sites (tertiary alicyclic amines) is 1. The van der Waals surface area contributed by atoms with Gasteiger partial charge >= 0.3 is 18.2 Å². The van der Waals surface area contributed by atoms with E-state index in [-0.39, 0.29) is 31.5 Å². The zero-order valence-electron chi connectivity index (χ0n) is 14.5. The van der Waals surface area contributed by atoms with Gasteiger partial charge in [-0.3, -0.25) is 4.79 Å². The molecule has 0 bridgehead atoms. The molecular weight excluding hydrogens is 367 g/mol. The number of alkyl halides is 3. The fourth-order valence-electron chi connectivity index (χ4n) is 3.87. The minimum absolute atomic E-state index is 0.0358. The topological polar surface area (TPSA) is 91.8 Å². The second-order valence-electron chi connectivity index (χ2n) is 6.87. The summed E-state index contributed by atoms with van der Waals surface area (Å²) in [5, 5.41) is 12.1. The number of ether oxygens (including phenoxy) is 1. The van der Waals surface area contributed by atoms with Gasteiger partial charge in [0.15, 0.2) is 0 Å². The minimum atomic E-state index is -4.55.